The van der Waals surface area contributed by atoms with E-state index in [1.807, 2.05) is 26.0 Å². The average Bonchev–Trinajstić information content (AvgIpc) is 2.82. The zero-order chi connectivity index (χ0) is 14.7. The Morgan fingerprint density at radius 3 is 2.75 bits per heavy atom. The third-order valence-electron chi connectivity index (χ3n) is 2.95. The Kier molecular flexibility index (Phi) is 4.46. The van der Waals surface area contributed by atoms with E-state index in [2.05, 4.69) is 5.32 Å². The van der Waals surface area contributed by atoms with Crippen LogP contribution in [0.3, 0.4) is 0 Å². The minimum absolute atomic E-state index is 0.121. The molecule has 1 N–H and O–H groups in total. The third-order valence-corrected chi connectivity index (χ3v) is 4.14. The van der Waals surface area contributed by atoms with Crippen LogP contribution in [0.5, 0.6) is 0 Å². The van der Waals surface area contributed by atoms with E-state index in [1.165, 1.54) is 21.9 Å². The van der Waals surface area contributed by atoms with E-state index < -0.39 is 10.7 Å². The summed E-state index contributed by atoms with van der Waals surface area (Å²) in [7, 11) is 0. The molecular formula is C14H15FN2O2S. The van der Waals surface area contributed by atoms with Crippen molar-refractivity contribution in [2.24, 2.45) is 0 Å². The number of nitrogens with one attached hydrogen (secondary N) is 1. The highest BCUT2D eigenvalue weighted by atomic mass is 32.1. The van der Waals surface area contributed by atoms with Crippen LogP contribution < -0.4 is 5.32 Å². The lowest BCUT2D eigenvalue weighted by atomic mass is 10.1. The van der Waals surface area contributed by atoms with Gasteiger partial charge in [0.2, 0.25) is 0 Å². The molecule has 1 aromatic carbocycles. The molecule has 6 heteroatoms. The van der Waals surface area contributed by atoms with Crippen LogP contribution in [0, 0.1) is 22.9 Å². The number of halogens is 1. The first-order chi connectivity index (χ1) is 9.45. The number of thiophene rings is 1. The molecule has 1 heterocycles. The van der Waals surface area contributed by atoms with Crippen molar-refractivity contribution >= 4 is 17.0 Å². The quantitative estimate of drug-likeness (QED) is 0.671. The molecule has 0 bridgehead atoms. The number of aryl methyl sites for hydroxylation is 1. The zero-order valence-corrected chi connectivity index (χ0v) is 12.0. The van der Waals surface area contributed by atoms with Crippen LogP contribution in [-0.2, 0) is 6.54 Å². The molecule has 106 valence electrons. The van der Waals surface area contributed by atoms with Gasteiger partial charge in [-0.25, -0.2) is 4.39 Å². The van der Waals surface area contributed by atoms with Crippen LogP contribution >= 0.6 is 11.3 Å². The summed E-state index contributed by atoms with van der Waals surface area (Å²) in [6, 6.07) is 7.84. The molecule has 0 fully saturated rings. The number of nitro benzene ring substituents is 1. The first kappa shape index (κ1) is 14.6. The number of benzene rings is 1. The summed E-state index contributed by atoms with van der Waals surface area (Å²) >= 11 is 1.70. The van der Waals surface area contributed by atoms with Crippen LogP contribution in [0.1, 0.15) is 28.3 Å². The maximum Gasteiger partial charge on any atom is 0.272 e. The van der Waals surface area contributed by atoms with Gasteiger partial charge in [-0.3, -0.25) is 10.1 Å². The van der Waals surface area contributed by atoms with Gasteiger partial charge < -0.3 is 5.32 Å². The molecule has 0 aliphatic rings. The molecule has 0 radical (unpaired) electrons. The first-order valence-electron chi connectivity index (χ1n) is 6.19. The second-order valence-corrected chi connectivity index (χ2v) is 5.95. The Bertz CT molecular complexity index is 627. The van der Waals surface area contributed by atoms with Crippen molar-refractivity contribution in [3.05, 3.63) is 61.6 Å². The molecule has 0 aliphatic heterocycles. The highest BCUT2D eigenvalue weighted by Crippen LogP contribution is 2.23. The number of hydrogen-bond donors (Lipinski definition) is 1. The summed E-state index contributed by atoms with van der Waals surface area (Å²) in [6.07, 6.45) is 0. The second-order valence-electron chi connectivity index (χ2n) is 4.63. The van der Waals surface area contributed by atoms with Gasteiger partial charge in [0.1, 0.15) is 5.82 Å². The summed E-state index contributed by atoms with van der Waals surface area (Å²) < 4.78 is 13.3. The number of hydrogen-bond acceptors (Lipinski definition) is 4. The molecule has 0 spiro atoms. The maximum absolute atomic E-state index is 13.3. The standard InChI is InChI=1S/C14H15FN2O2S/c1-9-3-4-14(20-9)10(2)16-8-11-5-12(15)7-13(6-11)17(18)19/h3-7,10,16H,8H2,1-2H3. The van der Waals surface area contributed by atoms with Crippen LogP contribution in [0.2, 0.25) is 0 Å². The molecule has 0 aliphatic carbocycles. The number of nitro groups is 1. The summed E-state index contributed by atoms with van der Waals surface area (Å²) in [5.41, 5.74) is 0.346. The van der Waals surface area contributed by atoms with Gasteiger partial charge in [-0.1, -0.05) is 0 Å². The van der Waals surface area contributed by atoms with Crippen molar-refractivity contribution in [2.75, 3.05) is 0 Å². The summed E-state index contributed by atoms with van der Waals surface area (Å²) in [5.74, 6) is -0.587. The smallest absolute Gasteiger partial charge is 0.272 e. The molecule has 1 aromatic heterocycles. The molecule has 0 saturated heterocycles. The van der Waals surface area contributed by atoms with Gasteiger partial charge in [0.05, 0.1) is 11.0 Å². The van der Waals surface area contributed by atoms with E-state index in [0.29, 0.717) is 12.1 Å². The zero-order valence-electron chi connectivity index (χ0n) is 11.2. The van der Waals surface area contributed by atoms with Crippen LogP contribution in [0.15, 0.2) is 30.3 Å². The molecule has 1 unspecified atom stereocenters. The summed E-state index contributed by atoms with van der Waals surface area (Å²) in [4.78, 5) is 12.5. The monoisotopic (exact) mass is 294 g/mol. The van der Waals surface area contributed by atoms with E-state index in [9.17, 15) is 14.5 Å². The highest BCUT2D eigenvalue weighted by molar-refractivity contribution is 7.12. The molecule has 2 aromatic rings. The van der Waals surface area contributed by atoms with Crippen molar-refractivity contribution in [3.8, 4) is 0 Å². The Morgan fingerprint density at radius 1 is 1.40 bits per heavy atom. The van der Waals surface area contributed by atoms with E-state index in [-0.39, 0.29) is 11.7 Å². The van der Waals surface area contributed by atoms with Gasteiger partial charge in [0, 0.05) is 28.4 Å². The van der Waals surface area contributed by atoms with Crippen LogP contribution in [0.4, 0.5) is 10.1 Å². The molecule has 0 amide bonds. The average molecular weight is 294 g/mol. The van der Waals surface area contributed by atoms with Crippen molar-refractivity contribution in [2.45, 2.75) is 26.4 Å². The lowest BCUT2D eigenvalue weighted by Gasteiger charge is -2.12. The number of rotatable bonds is 5. The highest BCUT2D eigenvalue weighted by Gasteiger charge is 2.11. The molecule has 4 nitrogen and oxygen atoms in total. The Morgan fingerprint density at radius 2 is 2.15 bits per heavy atom. The first-order valence-corrected chi connectivity index (χ1v) is 7.01. The minimum atomic E-state index is -0.587. The van der Waals surface area contributed by atoms with Gasteiger partial charge in [0.15, 0.2) is 0 Å². The Labute approximate surface area is 120 Å². The van der Waals surface area contributed by atoms with E-state index in [4.69, 9.17) is 0 Å². The van der Waals surface area contributed by atoms with Crippen molar-refractivity contribution in [1.82, 2.24) is 5.32 Å². The van der Waals surface area contributed by atoms with Crippen LogP contribution in [-0.4, -0.2) is 4.92 Å². The fraction of sp³-hybridized carbons (Fsp3) is 0.286. The third kappa shape index (κ3) is 3.61. The molecular weight excluding hydrogens is 279 g/mol. The predicted octanol–water partition coefficient (Wildman–Crippen LogP) is 3.95. The van der Waals surface area contributed by atoms with E-state index >= 15 is 0 Å². The van der Waals surface area contributed by atoms with Crippen molar-refractivity contribution in [3.63, 3.8) is 0 Å². The van der Waals surface area contributed by atoms with Gasteiger partial charge >= 0.3 is 0 Å². The summed E-state index contributed by atoms with van der Waals surface area (Å²) in [6.45, 7) is 4.44. The number of nitrogens with zero attached hydrogens (tertiary/aromatic N) is 1. The largest absolute Gasteiger partial charge is 0.305 e. The lowest BCUT2D eigenvalue weighted by Crippen LogP contribution is -2.17. The fourth-order valence-corrected chi connectivity index (χ4v) is 2.80. The molecule has 1 atom stereocenters. The van der Waals surface area contributed by atoms with E-state index in [1.54, 1.807) is 11.3 Å². The molecule has 2 rings (SSSR count). The Balaban J connectivity index is 2.05. The topological polar surface area (TPSA) is 55.2 Å². The predicted molar refractivity (Wildman–Crippen MR) is 77.4 cm³/mol. The second kappa shape index (κ2) is 6.11. The van der Waals surface area contributed by atoms with Gasteiger partial charge in [-0.15, -0.1) is 11.3 Å². The van der Waals surface area contributed by atoms with Crippen molar-refractivity contribution in [1.29, 1.82) is 0 Å². The lowest BCUT2D eigenvalue weighted by molar-refractivity contribution is -0.385. The molecule has 20 heavy (non-hydrogen) atoms. The normalized spacial score (nSPS) is 12.3. The van der Waals surface area contributed by atoms with Gasteiger partial charge in [-0.2, -0.15) is 0 Å². The number of non-ortho nitro benzene ring substituents is 1. The van der Waals surface area contributed by atoms with Gasteiger partial charge in [-0.05, 0) is 37.6 Å². The van der Waals surface area contributed by atoms with E-state index in [0.717, 1.165) is 6.07 Å². The SMILES string of the molecule is Cc1ccc(C(C)NCc2cc(F)cc([N+](=O)[O-])c2)s1. The fourth-order valence-electron chi connectivity index (χ4n) is 1.90. The minimum Gasteiger partial charge on any atom is -0.305 e. The maximum atomic E-state index is 13.3. The Hall–Kier alpha value is -1.79. The summed E-state index contributed by atoms with van der Waals surface area (Å²) in [5, 5.41) is 13.9. The van der Waals surface area contributed by atoms with Crippen LogP contribution in [0.25, 0.3) is 0 Å². The van der Waals surface area contributed by atoms with Gasteiger partial charge in [0.25, 0.3) is 5.69 Å². The molecule has 0 saturated carbocycles. The van der Waals surface area contributed by atoms with Crippen molar-refractivity contribution < 1.29 is 9.31 Å².